The van der Waals surface area contributed by atoms with Crippen molar-refractivity contribution in [2.45, 2.75) is 44.0 Å². The molecule has 0 aliphatic heterocycles. The van der Waals surface area contributed by atoms with Crippen LogP contribution in [0.15, 0.2) is 16.0 Å². The summed E-state index contributed by atoms with van der Waals surface area (Å²) in [6.45, 7) is 6.13. The van der Waals surface area contributed by atoms with Crippen LogP contribution in [0.5, 0.6) is 0 Å². The van der Waals surface area contributed by atoms with Crippen LogP contribution in [0.25, 0.3) is 0 Å². The molecule has 2 N–H and O–H groups in total. The van der Waals surface area contributed by atoms with Gasteiger partial charge in [-0.3, -0.25) is 14.4 Å². The maximum Gasteiger partial charge on any atom is 0.251 e. The number of unbranched alkanes of at least 4 members (excludes halogenated alkanes) is 1. The van der Waals surface area contributed by atoms with Gasteiger partial charge in [-0.25, -0.2) is 4.98 Å². The molecule has 1 rings (SSSR count). The van der Waals surface area contributed by atoms with Gasteiger partial charge in [0.15, 0.2) is 5.16 Å². The smallest absolute Gasteiger partial charge is 0.251 e. The van der Waals surface area contributed by atoms with Crippen LogP contribution >= 0.6 is 11.8 Å². The van der Waals surface area contributed by atoms with E-state index in [-0.39, 0.29) is 23.9 Å². The zero-order valence-corrected chi connectivity index (χ0v) is 14.8. The van der Waals surface area contributed by atoms with Gasteiger partial charge in [0.05, 0.1) is 11.8 Å². The number of rotatable bonds is 8. The number of aryl methyl sites for hydroxylation is 1. The predicted octanol–water partition coefficient (Wildman–Crippen LogP) is 0.934. The van der Waals surface area contributed by atoms with Crippen molar-refractivity contribution in [2.24, 2.45) is 0 Å². The number of nitrogens with zero attached hydrogens (tertiary/aromatic N) is 2. The average Bonchev–Trinajstić information content (AvgIpc) is 2.45. The summed E-state index contributed by atoms with van der Waals surface area (Å²) in [5, 5.41) is 2.72. The Morgan fingerprint density at radius 1 is 1.48 bits per heavy atom. The fourth-order valence-electron chi connectivity index (χ4n) is 1.89. The Bertz CT molecular complexity index is 603. The molecule has 0 bridgehead atoms. The van der Waals surface area contributed by atoms with Crippen LogP contribution in [0.1, 0.15) is 32.4 Å². The van der Waals surface area contributed by atoms with Gasteiger partial charge >= 0.3 is 0 Å². The second-order valence-corrected chi connectivity index (χ2v) is 6.68. The third-order valence-electron chi connectivity index (χ3n) is 3.09. The Labute approximate surface area is 140 Å². The molecule has 0 saturated heterocycles. The standard InChI is InChI=1S/C15H24N4O3S/c1-5-6-7-16-13(21)9-19(4)14(22)11(3)23-15-17-10(2)8-12(20)18-15/h8,11H,5-7,9H2,1-4H3,(H,16,21)(H,17,18,20). The monoisotopic (exact) mass is 340 g/mol. The molecule has 0 aromatic carbocycles. The lowest BCUT2D eigenvalue weighted by Crippen LogP contribution is -2.41. The lowest BCUT2D eigenvalue weighted by Gasteiger charge is -2.20. The van der Waals surface area contributed by atoms with Gasteiger partial charge in [0.1, 0.15) is 0 Å². The number of amides is 2. The Morgan fingerprint density at radius 3 is 2.78 bits per heavy atom. The van der Waals surface area contributed by atoms with E-state index in [0.717, 1.165) is 12.8 Å². The van der Waals surface area contributed by atoms with Gasteiger partial charge in [0, 0.05) is 25.4 Å². The summed E-state index contributed by atoms with van der Waals surface area (Å²) in [5.74, 6) is -0.363. The maximum atomic E-state index is 12.3. The number of H-pyrrole nitrogens is 1. The molecule has 7 nitrogen and oxygen atoms in total. The van der Waals surface area contributed by atoms with Gasteiger partial charge in [-0.2, -0.15) is 0 Å². The fourth-order valence-corrected chi connectivity index (χ4v) is 2.86. The van der Waals surface area contributed by atoms with E-state index in [1.807, 2.05) is 6.92 Å². The number of thioether (sulfide) groups is 1. The fraction of sp³-hybridized carbons (Fsp3) is 0.600. The quantitative estimate of drug-likeness (QED) is 0.417. The van der Waals surface area contributed by atoms with Crippen molar-refractivity contribution in [1.82, 2.24) is 20.2 Å². The molecule has 1 unspecified atom stereocenters. The van der Waals surface area contributed by atoms with Crippen molar-refractivity contribution in [2.75, 3.05) is 20.1 Å². The minimum Gasteiger partial charge on any atom is -0.355 e. The SMILES string of the molecule is CCCCNC(=O)CN(C)C(=O)C(C)Sc1nc(C)cc(=O)[nH]1. The van der Waals surface area contributed by atoms with Crippen LogP contribution in [0.3, 0.4) is 0 Å². The van der Waals surface area contributed by atoms with Crippen LogP contribution < -0.4 is 10.9 Å². The summed E-state index contributed by atoms with van der Waals surface area (Å²) in [7, 11) is 1.59. The van der Waals surface area contributed by atoms with Crippen molar-refractivity contribution in [1.29, 1.82) is 0 Å². The van der Waals surface area contributed by atoms with E-state index in [0.29, 0.717) is 17.4 Å². The van der Waals surface area contributed by atoms with Crippen LogP contribution in [0, 0.1) is 6.92 Å². The number of carbonyl (C=O) groups excluding carboxylic acids is 2. The molecule has 8 heteroatoms. The minimum atomic E-state index is -0.451. The first-order chi connectivity index (χ1) is 10.8. The zero-order chi connectivity index (χ0) is 17.4. The summed E-state index contributed by atoms with van der Waals surface area (Å²) < 4.78 is 0. The molecule has 23 heavy (non-hydrogen) atoms. The van der Waals surface area contributed by atoms with Crippen molar-refractivity contribution in [3.8, 4) is 0 Å². The van der Waals surface area contributed by atoms with Crippen LogP contribution in [-0.4, -0.2) is 52.1 Å². The number of likely N-dealkylation sites (N-methyl/N-ethyl adjacent to an activating group) is 1. The second kappa shape index (κ2) is 9.34. The molecule has 0 radical (unpaired) electrons. The number of aromatic amines is 1. The Balaban J connectivity index is 2.54. The Kier molecular flexibility index (Phi) is 7.80. The molecule has 128 valence electrons. The highest BCUT2D eigenvalue weighted by Crippen LogP contribution is 2.19. The minimum absolute atomic E-state index is 0.0191. The van der Waals surface area contributed by atoms with E-state index in [4.69, 9.17) is 0 Å². The number of aromatic nitrogens is 2. The first-order valence-corrected chi connectivity index (χ1v) is 8.47. The van der Waals surface area contributed by atoms with Crippen molar-refractivity contribution >= 4 is 23.6 Å². The lowest BCUT2D eigenvalue weighted by atomic mass is 10.3. The highest BCUT2D eigenvalue weighted by Gasteiger charge is 2.21. The molecule has 0 spiro atoms. The molecule has 1 heterocycles. The molecule has 0 aliphatic carbocycles. The van der Waals surface area contributed by atoms with Crippen molar-refractivity contribution in [3.05, 3.63) is 22.1 Å². The predicted molar refractivity (Wildman–Crippen MR) is 90.5 cm³/mol. The van der Waals surface area contributed by atoms with E-state index in [1.54, 1.807) is 20.9 Å². The van der Waals surface area contributed by atoms with E-state index in [2.05, 4.69) is 15.3 Å². The van der Waals surface area contributed by atoms with Gasteiger partial charge in [-0.15, -0.1) is 0 Å². The van der Waals surface area contributed by atoms with Gasteiger partial charge < -0.3 is 15.2 Å². The van der Waals surface area contributed by atoms with Gasteiger partial charge in [0.25, 0.3) is 5.56 Å². The molecule has 1 aromatic rings. The van der Waals surface area contributed by atoms with E-state index < -0.39 is 5.25 Å². The van der Waals surface area contributed by atoms with Crippen molar-refractivity contribution < 1.29 is 9.59 Å². The molecule has 0 fully saturated rings. The summed E-state index contributed by atoms with van der Waals surface area (Å²) in [5.41, 5.74) is 0.350. The number of carbonyl (C=O) groups is 2. The largest absolute Gasteiger partial charge is 0.355 e. The first-order valence-electron chi connectivity index (χ1n) is 7.59. The van der Waals surface area contributed by atoms with E-state index in [1.165, 1.54) is 22.7 Å². The van der Waals surface area contributed by atoms with Gasteiger partial charge in [-0.05, 0) is 20.3 Å². The summed E-state index contributed by atoms with van der Waals surface area (Å²) in [4.78, 5) is 43.6. The topological polar surface area (TPSA) is 95.2 Å². The summed E-state index contributed by atoms with van der Waals surface area (Å²) in [6, 6.07) is 1.39. The van der Waals surface area contributed by atoms with Crippen LogP contribution in [0.2, 0.25) is 0 Å². The van der Waals surface area contributed by atoms with Crippen LogP contribution in [-0.2, 0) is 9.59 Å². The highest BCUT2D eigenvalue weighted by atomic mass is 32.2. The second-order valence-electron chi connectivity index (χ2n) is 5.35. The number of hydrogen-bond acceptors (Lipinski definition) is 5. The first kappa shape index (κ1) is 19.2. The van der Waals surface area contributed by atoms with E-state index >= 15 is 0 Å². The highest BCUT2D eigenvalue weighted by molar-refractivity contribution is 8.00. The molecule has 1 atom stereocenters. The average molecular weight is 340 g/mol. The molecule has 0 aliphatic rings. The molecule has 0 saturated carbocycles. The van der Waals surface area contributed by atoms with Gasteiger partial charge in [0.2, 0.25) is 11.8 Å². The normalized spacial score (nSPS) is 11.8. The number of nitrogens with one attached hydrogen (secondary N) is 2. The third-order valence-corrected chi connectivity index (χ3v) is 4.07. The van der Waals surface area contributed by atoms with Crippen LogP contribution in [0.4, 0.5) is 0 Å². The Morgan fingerprint density at radius 2 is 2.17 bits per heavy atom. The number of hydrogen-bond donors (Lipinski definition) is 2. The summed E-state index contributed by atoms with van der Waals surface area (Å²) >= 11 is 1.17. The third kappa shape index (κ3) is 6.85. The van der Waals surface area contributed by atoms with Gasteiger partial charge in [-0.1, -0.05) is 25.1 Å². The molecular weight excluding hydrogens is 316 g/mol. The maximum absolute atomic E-state index is 12.3. The zero-order valence-electron chi connectivity index (χ0n) is 14.0. The molecular formula is C15H24N4O3S. The Hall–Kier alpha value is -1.83. The van der Waals surface area contributed by atoms with Crippen molar-refractivity contribution in [3.63, 3.8) is 0 Å². The van der Waals surface area contributed by atoms with E-state index in [9.17, 15) is 14.4 Å². The molecule has 1 aromatic heterocycles. The lowest BCUT2D eigenvalue weighted by molar-refractivity contribution is -0.134. The molecule has 2 amide bonds. The summed E-state index contributed by atoms with van der Waals surface area (Å²) in [6.07, 6.45) is 1.92.